The van der Waals surface area contributed by atoms with Crippen LogP contribution in [0.5, 0.6) is 0 Å². The topological polar surface area (TPSA) is 79.8 Å². The molecule has 4 rings (SSSR count). The standard InChI is InChI=1S/C18H16Br2ClN3O4S/c19-12-1-2-16-11(7-12)10-28-18(25)24(16)13-3-5-23(6-4-13)29(26,27)14-8-15(20)17(21)22-9-14/h1-2,7-9,13H,3-6,10H2. The molecule has 0 bridgehead atoms. The van der Waals surface area contributed by atoms with Crippen LogP contribution in [0.3, 0.4) is 0 Å². The van der Waals surface area contributed by atoms with E-state index in [1.165, 1.54) is 16.6 Å². The minimum atomic E-state index is -3.69. The molecule has 2 aromatic rings. The van der Waals surface area contributed by atoms with E-state index >= 15 is 0 Å². The third-order valence-corrected chi connectivity index (χ3v) is 8.54. The monoisotopic (exact) mass is 563 g/mol. The molecule has 2 aliphatic rings. The fourth-order valence-electron chi connectivity index (χ4n) is 3.59. The molecule has 1 fully saturated rings. The number of amides is 1. The first-order valence-electron chi connectivity index (χ1n) is 8.83. The molecule has 1 saturated heterocycles. The summed E-state index contributed by atoms with van der Waals surface area (Å²) in [6.45, 7) is 0.821. The van der Waals surface area contributed by atoms with Gasteiger partial charge in [-0.2, -0.15) is 4.31 Å². The molecule has 0 atom stereocenters. The molecule has 11 heteroatoms. The lowest BCUT2D eigenvalue weighted by Crippen LogP contribution is -2.50. The summed E-state index contributed by atoms with van der Waals surface area (Å²) >= 11 is 12.5. The maximum atomic E-state index is 12.9. The van der Waals surface area contributed by atoms with Crippen molar-refractivity contribution in [1.82, 2.24) is 9.29 Å². The van der Waals surface area contributed by atoms with Crippen LogP contribution in [0, 0.1) is 0 Å². The number of halogens is 3. The zero-order chi connectivity index (χ0) is 20.8. The second kappa shape index (κ2) is 8.14. The molecule has 0 radical (unpaired) electrons. The van der Waals surface area contributed by atoms with Crippen molar-refractivity contribution >= 4 is 65.3 Å². The normalized spacial score (nSPS) is 18.4. The second-order valence-corrected chi connectivity index (χ2v) is 10.8. The van der Waals surface area contributed by atoms with Gasteiger partial charge < -0.3 is 4.74 Å². The summed E-state index contributed by atoms with van der Waals surface area (Å²) in [6, 6.07) is 7.02. The molecule has 2 aliphatic heterocycles. The predicted molar refractivity (Wildman–Crippen MR) is 116 cm³/mol. The summed E-state index contributed by atoms with van der Waals surface area (Å²) in [5, 5.41) is 0.205. The van der Waals surface area contributed by atoms with E-state index in [0.29, 0.717) is 30.4 Å². The van der Waals surface area contributed by atoms with Gasteiger partial charge in [-0.3, -0.25) is 4.90 Å². The molecule has 0 spiro atoms. The molecule has 1 amide bonds. The minimum Gasteiger partial charge on any atom is -0.444 e. The Kier molecular flexibility index (Phi) is 5.91. The van der Waals surface area contributed by atoms with E-state index in [0.717, 1.165) is 15.7 Å². The lowest BCUT2D eigenvalue weighted by molar-refractivity contribution is 0.135. The summed E-state index contributed by atoms with van der Waals surface area (Å²) < 4.78 is 34.0. The van der Waals surface area contributed by atoms with Crippen molar-refractivity contribution < 1.29 is 17.9 Å². The summed E-state index contributed by atoms with van der Waals surface area (Å²) in [7, 11) is -3.69. The van der Waals surface area contributed by atoms with E-state index in [1.54, 1.807) is 4.90 Å². The van der Waals surface area contributed by atoms with Crippen molar-refractivity contribution in [1.29, 1.82) is 0 Å². The third-order valence-electron chi connectivity index (χ3n) is 5.05. The maximum absolute atomic E-state index is 12.9. The molecule has 1 aromatic carbocycles. The first-order chi connectivity index (χ1) is 13.8. The van der Waals surface area contributed by atoms with E-state index < -0.39 is 16.1 Å². The molecular weight excluding hydrogens is 550 g/mol. The summed E-state index contributed by atoms with van der Waals surface area (Å²) in [5.41, 5.74) is 1.74. The van der Waals surface area contributed by atoms with Crippen LogP contribution in [-0.4, -0.2) is 42.9 Å². The molecule has 154 valence electrons. The molecule has 1 aromatic heterocycles. The average Bonchev–Trinajstić information content (AvgIpc) is 2.70. The van der Waals surface area contributed by atoms with Gasteiger partial charge in [-0.05, 0) is 53.0 Å². The highest BCUT2D eigenvalue weighted by molar-refractivity contribution is 9.10. The van der Waals surface area contributed by atoms with E-state index in [4.69, 9.17) is 16.3 Å². The predicted octanol–water partition coefficient (Wildman–Crippen LogP) is 4.57. The van der Waals surface area contributed by atoms with Gasteiger partial charge in [0.2, 0.25) is 10.0 Å². The van der Waals surface area contributed by atoms with Gasteiger partial charge in [0.15, 0.2) is 0 Å². The SMILES string of the molecule is O=C1OCc2cc(Br)ccc2N1C1CCN(S(=O)(=O)c2cnc(Cl)c(Br)c2)CC1. The fourth-order valence-corrected chi connectivity index (χ4v) is 6.05. The molecule has 0 N–H and O–H groups in total. The number of sulfonamides is 1. The number of fused-ring (bicyclic) bond motifs is 1. The summed E-state index contributed by atoms with van der Waals surface area (Å²) in [4.78, 5) is 18.1. The van der Waals surface area contributed by atoms with Gasteiger partial charge in [0.05, 0.1) is 10.2 Å². The van der Waals surface area contributed by atoms with Gasteiger partial charge in [0, 0.05) is 35.4 Å². The van der Waals surface area contributed by atoms with E-state index in [-0.39, 0.29) is 22.7 Å². The number of piperidine rings is 1. The highest BCUT2D eigenvalue weighted by Crippen LogP contribution is 2.34. The number of hydrogen-bond donors (Lipinski definition) is 0. The Labute approximate surface area is 190 Å². The van der Waals surface area contributed by atoms with Crippen LogP contribution >= 0.6 is 43.5 Å². The van der Waals surface area contributed by atoms with Crippen LogP contribution in [0.15, 0.2) is 44.3 Å². The van der Waals surface area contributed by atoms with Gasteiger partial charge in [0.25, 0.3) is 0 Å². The number of rotatable bonds is 3. The number of carbonyl (C=O) groups is 1. The number of carbonyl (C=O) groups excluding carboxylic acids is 1. The Bertz CT molecular complexity index is 1070. The lowest BCUT2D eigenvalue weighted by atomic mass is 10.0. The number of anilines is 1. The zero-order valence-corrected chi connectivity index (χ0v) is 19.8. The van der Waals surface area contributed by atoms with Crippen LogP contribution in [0.1, 0.15) is 18.4 Å². The number of pyridine rings is 1. The van der Waals surface area contributed by atoms with Crippen molar-refractivity contribution in [2.75, 3.05) is 18.0 Å². The van der Waals surface area contributed by atoms with E-state index in [9.17, 15) is 13.2 Å². The third kappa shape index (κ3) is 4.05. The summed E-state index contributed by atoms with van der Waals surface area (Å²) in [5.74, 6) is 0. The highest BCUT2D eigenvalue weighted by atomic mass is 79.9. The molecule has 0 saturated carbocycles. The molecule has 0 unspecified atom stereocenters. The number of cyclic esters (lactones) is 1. The zero-order valence-electron chi connectivity index (χ0n) is 15.0. The number of hydrogen-bond acceptors (Lipinski definition) is 5. The highest BCUT2D eigenvalue weighted by Gasteiger charge is 2.37. The Hall–Kier alpha value is -1.20. The van der Waals surface area contributed by atoms with Crippen LogP contribution in [-0.2, 0) is 21.4 Å². The Balaban J connectivity index is 1.52. The number of benzene rings is 1. The van der Waals surface area contributed by atoms with E-state index in [1.807, 2.05) is 18.2 Å². The molecule has 0 aliphatic carbocycles. The van der Waals surface area contributed by atoms with Gasteiger partial charge in [-0.25, -0.2) is 18.2 Å². The number of ether oxygens (including phenoxy) is 1. The quantitative estimate of drug-likeness (QED) is 0.510. The molecule has 3 heterocycles. The van der Waals surface area contributed by atoms with Crippen molar-refractivity contribution in [3.05, 3.63) is 50.1 Å². The average molecular weight is 566 g/mol. The lowest BCUT2D eigenvalue weighted by Gasteiger charge is -2.39. The van der Waals surface area contributed by atoms with Crippen molar-refractivity contribution in [3.8, 4) is 0 Å². The van der Waals surface area contributed by atoms with Crippen molar-refractivity contribution in [2.24, 2.45) is 0 Å². The smallest absolute Gasteiger partial charge is 0.414 e. The van der Waals surface area contributed by atoms with Gasteiger partial charge >= 0.3 is 6.09 Å². The maximum Gasteiger partial charge on any atom is 0.414 e. The first-order valence-corrected chi connectivity index (χ1v) is 12.2. The van der Waals surface area contributed by atoms with Crippen LogP contribution in [0.2, 0.25) is 5.15 Å². The number of nitrogens with zero attached hydrogens (tertiary/aromatic N) is 3. The number of aromatic nitrogens is 1. The van der Waals surface area contributed by atoms with E-state index in [2.05, 4.69) is 36.8 Å². The fraction of sp³-hybridized carbons (Fsp3) is 0.333. The second-order valence-electron chi connectivity index (χ2n) is 6.78. The molecule has 29 heavy (non-hydrogen) atoms. The Morgan fingerprint density at radius 1 is 1.17 bits per heavy atom. The first kappa shape index (κ1) is 21.0. The molecule has 7 nitrogen and oxygen atoms in total. The van der Waals surface area contributed by atoms with Crippen molar-refractivity contribution in [3.63, 3.8) is 0 Å². The van der Waals surface area contributed by atoms with Crippen LogP contribution in [0.4, 0.5) is 10.5 Å². The minimum absolute atomic E-state index is 0.0832. The van der Waals surface area contributed by atoms with Crippen LogP contribution in [0.25, 0.3) is 0 Å². The largest absolute Gasteiger partial charge is 0.444 e. The van der Waals surface area contributed by atoms with Gasteiger partial charge in [0.1, 0.15) is 16.7 Å². The summed E-state index contributed by atoms with van der Waals surface area (Å²) in [6.07, 6.45) is 1.87. The van der Waals surface area contributed by atoms with Crippen molar-refractivity contribution in [2.45, 2.75) is 30.4 Å². The van der Waals surface area contributed by atoms with Crippen LogP contribution < -0.4 is 4.90 Å². The van der Waals surface area contributed by atoms with Gasteiger partial charge in [-0.15, -0.1) is 0 Å². The Morgan fingerprint density at radius 3 is 2.59 bits per heavy atom. The van der Waals surface area contributed by atoms with Gasteiger partial charge in [-0.1, -0.05) is 27.5 Å². The Morgan fingerprint density at radius 2 is 1.90 bits per heavy atom. The molecular formula is C18H16Br2ClN3O4S.